The number of ether oxygens (including phenoxy) is 2. The van der Waals surface area contributed by atoms with Crippen molar-refractivity contribution in [2.75, 3.05) is 20.3 Å². The van der Waals surface area contributed by atoms with Crippen LogP contribution in [0.1, 0.15) is 17.4 Å². The van der Waals surface area contributed by atoms with Crippen LogP contribution in [-0.2, 0) is 13.0 Å². The van der Waals surface area contributed by atoms with Crippen LogP contribution in [0, 0.1) is 0 Å². The molecule has 0 saturated heterocycles. The molecule has 2 aromatic rings. The summed E-state index contributed by atoms with van der Waals surface area (Å²) >= 11 is 1.75. The number of thiophene rings is 1. The molecular formula is C17H23N3O2S. The van der Waals surface area contributed by atoms with E-state index >= 15 is 0 Å². The third-order valence-electron chi connectivity index (χ3n) is 3.22. The highest BCUT2D eigenvalue weighted by Crippen LogP contribution is 2.28. The Kier molecular flexibility index (Phi) is 6.75. The van der Waals surface area contributed by atoms with Crippen molar-refractivity contribution in [3.63, 3.8) is 0 Å². The fourth-order valence-electron chi connectivity index (χ4n) is 2.09. The molecule has 1 aromatic heterocycles. The minimum absolute atomic E-state index is 0.453. The predicted molar refractivity (Wildman–Crippen MR) is 95.5 cm³/mol. The second-order valence-electron chi connectivity index (χ2n) is 4.88. The Bertz CT molecular complexity index is 627. The number of nitrogens with two attached hydrogens (primary N) is 1. The zero-order valence-corrected chi connectivity index (χ0v) is 14.4. The molecule has 0 aliphatic heterocycles. The van der Waals surface area contributed by atoms with Gasteiger partial charge in [0.2, 0.25) is 0 Å². The molecule has 5 nitrogen and oxygen atoms in total. The van der Waals surface area contributed by atoms with E-state index in [1.165, 1.54) is 4.88 Å². The number of hydrogen-bond acceptors (Lipinski definition) is 4. The van der Waals surface area contributed by atoms with Gasteiger partial charge in [0.05, 0.1) is 20.3 Å². The topological polar surface area (TPSA) is 68.9 Å². The molecule has 0 saturated carbocycles. The number of guanidine groups is 1. The number of rotatable bonds is 8. The fourth-order valence-corrected chi connectivity index (χ4v) is 2.80. The molecule has 124 valence electrons. The van der Waals surface area contributed by atoms with Crippen LogP contribution in [0.15, 0.2) is 40.7 Å². The van der Waals surface area contributed by atoms with Gasteiger partial charge in [-0.1, -0.05) is 12.1 Å². The van der Waals surface area contributed by atoms with E-state index in [1.807, 2.05) is 25.1 Å². The van der Waals surface area contributed by atoms with Gasteiger partial charge >= 0.3 is 0 Å². The zero-order chi connectivity index (χ0) is 16.5. The van der Waals surface area contributed by atoms with Gasteiger partial charge in [-0.15, -0.1) is 11.3 Å². The first-order valence-corrected chi connectivity index (χ1v) is 8.46. The van der Waals surface area contributed by atoms with Crippen LogP contribution in [0.5, 0.6) is 11.5 Å². The second-order valence-corrected chi connectivity index (χ2v) is 5.91. The van der Waals surface area contributed by atoms with Crippen LogP contribution >= 0.6 is 11.3 Å². The lowest BCUT2D eigenvalue weighted by Gasteiger charge is -2.10. The maximum absolute atomic E-state index is 5.90. The number of methoxy groups -OCH3 is 1. The minimum Gasteiger partial charge on any atom is -0.493 e. The van der Waals surface area contributed by atoms with Crippen LogP contribution in [0.2, 0.25) is 0 Å². The molecule has 0 atom stereocenters. The standard InChI is InChI=1S/C17H23N3O2S/c1-3-22-15-7-6-13(11-16(15)21-2)12-20-17(18)19-9-8-14-5-4-10-23-14/h4-7,10-11H,3,8-9,12H2,1-2H3,(H3,18,19,20). The Balaban J connectivity index is 1.85. The molecule has 23 heavy (non-hydrogen) atoms. The summed E-state index contributed by atoms with van der Waals surface area (Å²) in [5, 5.41) is 5.21. The Morgan fingerprint density at radius 3 is 2.87 bits per heavy atom. The summed E-state index contributed by atoms with van der Waals surface area (Å²) in [6.07, 6.45) is 0.949. The quantitative estimate of drug-likeness (QED) is 0.576. The van der Waals surface area contributed by atoms with Gasteiger partial charge in [0.25, 0.3) is 0 Å². The smallest absolute Gasteiger partial charge is 0.188 e. The summed E-state index contributed by atoms with van der Waals surface area (Å²) in [4.78, 5) is 5.69. The van der Waals surface area contributed by atoms with Gasteiger partial charge in [-0.05, 0) is 42.5 Å². The van der Waals surface area contributed by atoms with E-state index in [2.05, 4.69) is 27.8 Å². The van der Waals surface area contributed by atoms with Gasteiger partial charge in [-0.3, -0.25) is 0 Å². The van der Waals surface area contributed by atoms with Crippen molar-refractivity contribution in [3.8, 4) is 11.5 Å². The summed E-state index contributed by atoms with van der Waals surface area (Å²) < 4.78 is 10.8. The lowest BCUT2D eigenvalue weighted by Crippen LogP contribution is -2.33. The first-order valence-electron chi connectivity index (χ1n) is 7.58. The lowest BCUT2D eigenvalue weighted by molar-refractivity contribution is 0.310. The first kappa shape index (κ1) is 17.1. The summed E-state index contributed by atoms with van der Waals surface area (Å²) in [6.45, 7) is 3.83. The van der Waals surface area contributed by atoms with E-state index in [4.69, 9.17) is 15.2 Å². The van der Waals surface area contributed by atoms with Crippen LogP contribution in [-0.4, -0.2) is 26.2 Å². The SMILES string of the molecule is CCOc1ccc(CN=C(N)NCCc2cccs2)cc1OC. The third-order valence-corrected chi connectivity index (χ3v) is 4.15. The van der Waals surface area contributed by atoms with E-state index in [0.717, 1.165) is 24.3 Å². The predicted octanol–water partition coefficient (Wildman–Crippen LogP) is 2.80. The molecule has 0 aliphatic rings. The summed E-state index contributed by atoms with van der Waals surface area (Å²) in [5.74, 6) is 1.91. The van der Waals surface area contributed by atoms with Gasteiger partial charge in [0.1, 0.15) is 0 Å². The number of aliphatic imine (C=N–C) groups is 1. The first-order chi connectivity index (χ1) is 11.2. The Morgan fingerprint density at radius 2 is 2.17 bits per heavy atom. The van der Waals surface area contributed by atoms with Crippen molar-refractivity contribution < 1.29 is 9.47 Å². The number of nitrogens with zero attached hydrogens (tertiary/aromatic N) is 1. The third kappa shape index (κ3) is 5.49. The van der Waals surface area contributed by atoms with E-state index in [9.17, 15) is 0 Å². The molecule has 0 unspecified atom stereocenters. The van der Waals surface area contributed by atoms with Crippen molar-refractivity contribution >= 4 is 17.3 Å². The number of benzene rings is 1. The van der Waals surface area contributed by atoms with Crippen molar-refractivity contribution in [2.24, 2.45) is 10.7 Å². The normalized spacial score (nSPS) is 11.3. The van der Waals surface area contributed by atoms with Crippen LogP contribution in [0.4, 0.5) is 0 Å². The molecule has 1 heterocycles. The summed E-state index contributed by atoms with van der Waals surface area (Å²) in [5.41, 5.74) is 6.92. The summed E-state index contributed by atoms with van der Waals surface area (Å²) in [6, 6.07) is 9.96. The van der Waals surface area contributed by atoms with Crippen LogP contribution in [0.25, 0.3) is 0 Å². The van der Waals surface area contributed by atoms with Gasteiger partial charge in [0, 0.05) is 11.4 Å². The average molecular weight is 333 g/mol. The largest absolute Gasteiger partial charge is 0.493 e. The molecule has 0 amide bonds. The van der Waals surface area contributed by atoms with Crippen LogP contribution < -0.4 is 20.5 Å². The van der Waals surface area contributed by atoms with Gasteiger partial charge in [-0.25, -0.2) is 4.99 Å². The van der Waals surface area contributed by atoms with Gasteiger partial charge < -0.3 is 20.5 Å². The molecule has 0 spiro atoms. The van der Waals surface area contributed by atoms with Crippen molar-refractivity contribution in [3.05, 3.63) is 46.2 Å². The highest BCUT2D eigenvalue weighted by atomic mass is 32.1. The van der Waals surface area contributed by atoms with E-state index in [-0.39, 0.29) is 0 Å². The molecule has 0 aliphatic carbocycles. The van der Waals surface area contributed by atoms with Crippen LogP contribution in [0.3, 0.4) is 0 Å². The number of nitrogens with one attached hydrogen (secondary N) is 1. The van der Waals surface area contributed by atoms with Crippen molar-refractivity contribution in [1.82, 2.24) is 5.32 Å². The Hall–Kier alpha value is -2.21. The fraction of sp³-hybridized carbons (Fsp3) is 0.353. The highest BCUT2D eigenvalue weighted by Gasteiger charge is 2.05. The molecule has 6 heteroatoms. The molecule has 0 radical (unpaired) electrons. The summed E-state index contributed by atoms with van der Waals surface area (Å²) in [7, 11) is 1.63. The molecule has 2 rings (SSSR count). The monoisotopic (exact) mass is 333 g/mol. The molecule has 1 aromatic carbocycles. The zero-order valence-electron chi connectivity index (χ0n) is 13.5. The van der Waals surface area contributed by atoms with E-state index < -0.39 is 0 Å². The molecular weight excluding hydrogens is 310 g/mol. The Morgan fingerprint density at radius 1 is 1.30 bits per heavy atom. The maximum Gasteiger partial charge on any atom is 0.188 e. The average Bonchev–Trinajstić information content (AvgIpc) is 3.07. The maximum atomic E-state index is 5.90. The number of hydrogen-bond donors (Lipinski definition) is 2. The van der Waals surface area contributed by atoms with Crippen molar-refractivity contribution in [1.29, 1.82) is 0 Å². The molecule has 0 fully saturated rings. The lowest BCUT2D eigenvalue weighted by atomic mass is 10.2. The van der Waals surface area contributed by atoms with Gasteiger partial charge in [-0.2, -0.15) is 0 Å². The van der Waals surface area contributed by atoms with Gasteiger partial charge in [0.15, 0.2) is 17.5 Å². The molecule has 3 N–H and O–H groups in total. The highest BCUT2D eigenvalue weighted by molar-refractivity contribution is 7.09. The second kappa shape index (κ2) is 9.05. The van der Waals surface area contributed by atoms with E-state index in [0.29, 0.717) is 24.9 Å². The Labute approximate surface area is 141 Å². The molecule has 0 bridgehead atoms. The minimum atomic E-state index is 0.453. The van der Waals surface area contributed by atoms with Crippen molar-refractivity contribution in [2.45, 2.75) is 19.9 Å². The van der Waals surface area contributed by atoms with E-state index in [1.54, 1.807) is 18.4 Å².